The Morgan fingerprint density at radius 2 is 1.81 bits per heavy atom. The van der Waals surface area contributed by atoms with Gasteiger partial charge in [-0.3, -0.25) is 9.59 Å². The van der Waals surface area contributed by atoms with Crippen LogP contribution in [0.2, 0.25) is 0 Å². The van der Waals surface area contributed by atoms with Crippen molar-refractivity contribution in [3.63, 3.8) is 0 Å². The number of carbonyl (C=O) groups excluding carboxylic acids is 3. The molecule has 0 radical (unpaired) electrons. The van der Waals surface area contributed by atoms with Crippen LogP contribution in [0.5, 0.6) is 0 Å². The molecule has 188 valence electrons. The van der Waals surface area contributed by atoms with E-state index in [0.29, 0.717) is 44.6 Å². The number of hydrogen-bond donors (Lipinski definition) is 2. The number of H-pyrrole nitrogens is 1. The number of hydrogen-bond acceptors (Lipinski definition) is 4. The lowest BCUT2D eigenvalue weighted by Crippen LogP contribution is -2.47. The summed E-state index contributed by atoms with van der Waals surface area (Å²) in [5.74, 6) is -0.126. The van der Waals surface area contributed by atoms with Gasteiger partial charge in [-0.1, -0.05) is 36.4 Å². The lowest BCUT2D eigenvalue weighted by Gasteiger charge is -2.32. The number of amides is 3. The third-order valence-corrected chi connectivity index (χ3v) is 7.24. The quantitative estimate of drug-likeness (QED) is 0.545. The fourth-order valence-electron chi connectivity index (χ4n) is 5.51. The molecule has 36 heavy (non-hydrogen) atoms. The minimum Gasteiger partial charge on any atom is -0.450 e. The van der Waals surface area contributed by atoms with Crippen LogP contribution in [0.1, 0.15) is 59.4 Å². The van der Waals surface area contributed by atoms with E-state index in [1.54, 1.807) is 11.8 Å². The van der Waals surface area contributed by atoms with E-state index in [4.69, 9.17) is 4.74 Å². The summed E-state index contributed by atoms with van der Waals surface area (Å²) in [6.45, 7) is 5.63. The van der Waals surface area contributed by atoms with E-state index in [1.165, 1.54) is 0 Å². The molecule has 1 fully saturated rings. The Balaban J connectivity index is 1.29. The topological polar surface area (TPSA) is 94.7 Å². The lowest BCUT2D eigenvalue weighted by atomic mass is 9.95. The molecule has 8 heteroatoms. The minimum absolute atomic E-state index is 0.0151. The molecule has 0 saturated carbocycles. The average molecular weight is 489 g/mol. The number of aryl methyl sites for hydroxylation is 1. The molecule has 2 N–H and O–H groups in total. The molecular weight excluding hydrogens is 456 g/mol. The Morgan fingerprint density at radius 1 is 1.08 bits per heavy atom. The predicted molar refractivity (Wildman–Crippen MR) is 137 cm³/mol. The summed E-state index contributed by atoms with van der Waals surface area (Å²) in [6.07, 6.45) is 1.30. The number of benzene rings is 2. The molecule has 5 rings (SSSR count). The second-order valence-electron chi connectivity index (χ2n) is 9.48. The fourth-order valence-corrected chi connectivity index (χ4v) is 5.51. The zero-order chi connectivity index (χ0) is 25.2. The number of para-hydroxylation sites is 1. The summed E-state index contributed by atoms with van der Waals surface area (Å²) < 4.78 is 5.07. The van der Waals surface area contributed by atoms with E-state index in [9.17, 15) is 14.4 Å². The number of nitrogens with one attached hydrogen (secondary N) is 2. The molecule has 0 bridgehead atoms. The first-order valence-corrected chi connectivity index (χ1v) is 12.7. The third kappa shape index (κ3) is 4.43. The van der Waals surface area contributed by atoms with Crippen molar-refractivity contribution in [2.45, 2.75) is 45.2 Å². The second kappa shape index (κ2) is 10.0. The number of carbonyl (C=O) groups is 3. The van der Waals surface area contributed by atoms with Gasteiger partial charge in [0.05, 0.1) is 12.6 Å². The van der Waals surface area contributed by atoms with Crippen LogP contribution in [-0.2, 0) is 9.53 Å². The van der Waals surface area contributed by atoms with Gasteiger partial charge in [0.1, 0.15) is 0 Å². The first-order chi connectivity index (χ1) is 17.5. The lowest BCUT2D eigenvalue weighted by molar-refractivity contribution is -0.122. The summed E-state index contributed by atoms with van der Waals surface area (Å²) in [6, 6.07) is 15.6. The number of ether oxygens (including phenoxy) is 1. The summed E-state index contributed by atoms with van der Waals surface area (Å²) >= 11 is 0. The number of piperidine rings is 1. The van der Waals surface area contributed by atoms with Gasteiger partial charge >= 0.3 is 6.09 Å². The molecule has 1 saturated heterocycles. The van der Waals surface area contributed by atoms with E-state index >= 15 is 0 Å². The zero-order valence-corrected chi connectivity index (χ0v) is 20.8. The van der Waals surface area contributed by atoms with Gasteiger partial charge < -0.3 is 24.8 Å². The van der Waals surface area contributed by atoms with Crippen LogP contribution >= 0.6 is 0 Å². The van der Waals surface area contributed by atoms with Crippen molar-refractivity contribution in [3.05, 3.63) is 70.9 Å². The third-order valence-electron chi connectivity index (χ3n) is 7.24. The Bertz CT molecular complexity index is 1290. The number of likely N-dealkylation sites (tertiary alicyclic amines) is 1. The molecule has 3 heterocycles. The van der Waals surface area contributed by atoms with Gasteiger partial charge in [-0.25, -0.2) is 4.79 Å². The molecule has 3 amide bonds. The highest BCUT2D eigenvalue weighted by atomic mass is 16.6. The van der Waals surface area contributed by atoms with Crippen LogP contribution in [0.15, 0.2) is 48.5 Å². The minimum atomic E-state index is -0.298. The van der Waals surface area contributed by atoms with E-state index in [0.717, 1.165) is 27.7 Å². The predicted octanol–water partition coefficient (Wildman–Crippen LogP) is 4.15. The maximum atomic E-state index is 13.4. The van der Waals surface area contributed by atoms with Crippen LogP contribution in [0.25, 0.3) is 10.9 Å². The smallest absolute Gasteiger partial charge is 0.409 e. The van der Waals surface area contributed by atoms with E-state index < -0.39 is 0 Å². The molecule has 0 spiro atoms. The van der Waals surface area contributed by atoms with Gasteiger partial charge in [0.15, 0.2) is 0 Å². The van der Waals surface area contributed by atoms with Gasteiger partial charge in [-0.05, 0) is 44.4 Å². The zero-order valence-electron chi connectivity index (χ0n) is 20.8. The van der Waals surface area contributed by atoms with Crippen LogP contribution < -0.4 is 5.32 Å². The van der Waals surface area contributed by atoms with Gasteiger partial charge in [-0.15, -0.1) is 0 Å². The number of rotatable bonds is 6. The highest BCUT2D eigenvalue weighted by molar-refractivity contribution is 6.01. The van der Waals surface area contributed by atoms with Gasteiger partial charge in [-0.2, -0.15) is 0 Å². The van der Waals surface area contributed by atoms with Crippen LogP contribution in [0, 0.1) is 6.92 Å². The summed E-state index contributed by atoms with van der Waals surface area (Å²) in [5, 5.41) is 4.19. The average Bonchev–Trinajstić information content (AvgIpc) is 3.35. The van der Waals surface area contributed by atoms with Crippen molar-refractivity contribution in [2.24, 2.45) is 0 Å². The summed E-state index contributed by atoms with van der Waals surface area (Å²) in [5.41, 5.74) is 4.80. The van der Waals surface area contributed by atoms with Crippen molar-refractivity contribution in [1.82, 2.24) is 20.1 Å². The summed E-state index contributed by atoms with van der Waals surface area (Å²) in [7, 11) is 0. The van der Waals surface area contributed by atoms with Crippen molar-refractivity contribution in [1.29, 1.82) is 0 Å². The molecule has 3 aromatic rings. The number of nitrogens with zero attached hydrogens (tertiary/aromatic N) is 2. The van der Waals surface area contributed by atoms with Crippen molar-refractivity contribution >= 4 is 28.8 Å². The van der Waals surface area contributed by atoms with E-state index in [2.05, 4.69) is 16.4 Å². The number of aromatic nitrogens is 1. The highest BCUT2D eigenvalue weighted by Gasteiger charge is 2.39. The largest absolute Gasteiger partial charge is 0.450 e. The van der Waals surface area contributed by atoms with Gasteiger partial charge in [0, 0.05) is 59.8 Å². The SMILES string of the molecule is CCOC(=O)N1CCC(NC(=O)CCN2C(=O)c3ccccc3[C@H]2c2c(C)[nH]c3ccccc23)CC1. The molecule has 8 nitrogen and oxygen atoms in total. The number of fused-ring (bicyclic) bond motifs is 2. The fraction of sp³-hybridized carbons (Fsp3) is 0.393. The van der Waals surface area contributed by atoms with E-state index in [1.807, 2.05) is 54.3 Å². The van der Waals surface area contributed by atoms with Gasteiger partial charge in [0.25, 0.3) is 5.91 Å². The molecule has 2 aromatic carbocycles. The Kier molecular flexibility index (Phi) is 6.67. The Hall–Kier alpha value is -3.81. The number of aromatic amines is 1. The van der Waals surface area contributed by atoms with Crippen LogP contribution in [0.4, 0.5) is 4.79 Å². The summed E-state index contributed by atoms with van der Waals surface area (Å²) in [4.78, 5) is 45.2. The molecule has 2 aliphatic rings. The second-order valence-corrected chi connectivity index (χ2v) is 9.48. The molecule has 0 unspecified atom stereocenters. The van der Waals surface area contributed by atoms with Crippen molar-refractivity contribution < 1.29 is 19.1 Å². The van der Waals surface area contributed by atoms with Crippen LogP contribution in [0.3, 0.4) is 0 Å². The maximum absolute atomic E-state index is 13.4. The molecule has 1 aromatic heterocycles. The van der Waals surface area contributed by atoms with Crippen LogP contribution in [-0.4, -0.2) is 65.0 Å². The maximum Gasteiger partial charge on any atom is 0.409 e. The van der Waals surface area contributed by atoms with E-state index in [-0.39, 0.29) is 36.4 Å². The first-order valence-electron chi connectivity index (χ1n) is 12.7. The molecule has 2 aliphatic heterocycles. The van der Waals surface area contributed by atoms with Gasteiger partial charge in [0.2, 0.25) is 5.91 Å². The normalized spacial score (nSPS) is 17.9. The van der Waals surface area contributed by atoms with Crippen molar-refractivity contribution in [2.75, 3.05) is 26.2 Å². The highest BCUT2D eigenvalue weighted by Crippen LogP contribution is 2.42. The molecule has 1 atom stereocenters. The Labute approximate surface area is 210 Å². The monoisotopic (exact) mass is 488 g/mol. The molecular formula is C28H32N4O4. The first kappa shape index (κ1) is 23.9. The van der Waals surface area contributed by atoms with Crippen molar-refractivity contribution in [3.8, 4) is 0 Å². The standard InChI is InChI=1S/C28H32N4O4/c1-3-36-28(35)31-15-12-19(13-16-31)30-24(33)14-17-32-26(20-8-4-5-9-21(20)27(32)34)25-18(2)29-23-11-7-6-10-22(23)25/h4-11,19,26,29H,3,12-17H2,1-2H3,(H,30,33)/t26-/m0/s1. The molecule has 0 aliphatic carbocycles. The Morgan fingerprint density at radius 3 is 2.58 bits per heavy atom.